The van der Waals surface area contributed by atoms with Crippen LogP contribution in [-0.2, 0) is 6.42 Å². The van der Waals surface area contributed by atoms with Gasteiger partial charge in [-0.1, -0.05) is 23.2 Å². The summed E-state index contributed by atoms with van der Waals surface area (Å²) in [4.78, 5) is 2.37. The predicted molar refractivity (Wildman–Crippen MR) is 71.1 cm³/mol. The highest BCUT2D eigenvalue weighted by Gasteiger charge is 2.12. The van der Waals surface area contributed by atoms with Crippen molar-refractivity contribution in [2.75, 3.05) is 32.7 Å². The van der Waals surface area contributed by atoms with E-state index in [9.17, 15) is 5.11 Å². The zero-order valence-corrected chi connectivity index (χ0v) is 11.1. The molecular formula is C12H16Cl2N2O. The highest BCUT2D eigenvalue weighted by atomic mass is 35.5. The van der Waals surface area contributed by atoms with Crippen molar-refractivity contribution in [2.45, 2.75) is 6.42 Å². The van der Waals surface area contributed by atoms with Gasteiger partial charge in [-0.3, -0.25) is 0 Å². The van der Waals surface area contributed by atoms with Gasteiger partial charge in [-0.05, 0) is 24.1 Å². The second-order valence-corrected chi connectivity index (χ2v) is 5.08. The molecule has 1 aromatic carbocycles. The van der Waals surface area contributed by atoms with Crippen LogP contribution < -0.4 is 5.32 Å². The Labute approximate surface area is 111 Å². The number of nitrogens with zero attached hydrogens (tertiary/aromatic N) is 1. The molecule has 0 radical (unpaired) electrons. The molecule has 0 spiro atoms. The molecule has 0 unspecified atom stereocenters. The first kappa shape index (κ1) is 13.0. The minimum absolute atomic E-state index is 0.159. The Balaban J connectivity index is 1.98. The molecule has 5 heteroatoms. The number of phenolic OH excluding ortho intramolecular Hbond substituents is 1. The Hall–Kier alpha value is -0.480. The Morgan fingerprint density at radius 2 is 1.94 bits per heavy atom. The maximum atomic E-state index is 9.83. The lowest BCUT2D eigenvalue weighted by Gasteiger charge is -2.27. The SMILES string of the molecule is Oc1c(Cl)cc(Cl)cc1CCN1CCNCC1. The van der Waals surface area contributed by atoms with E-state index >= 15 is 0 Å². The largest absolute Gasteiger partial charge is 0.506 e. The van der Waals surface area contributed by atoms with Gasteiger partial charge < -0.3 is 15.3 Å². The Bertz CT molecular complexity index is 392. The summed E-state index contributed by atoms with van der Waals surface area (Å²) in [5.74, 6) is 0.159. The maximum Gasteiger partial charge on any atom is 0.137 e. The van der Waals surface area contributed by atoms with Gasteiger partial charge in [0.05, 0.1) is 5.02 Å². The van der Waals surface area contributed by atoms with Crippen molar-refractivity contribution in [3.63, 3.8) is 0 Å². The van der Waals surface area contributed by atoms with E-state index in [2.05, 4.69) is 10.2 Å². The lowest BCUT2D eigenvalue weighted by atomic mass is 10.1. The average molecular weight is 275 g/mol. The fraction of sp³-hybridized carbons (Fsp3) is 0.500. The number of hydrogen-bond donors (Lipinski definition) is 2. The van der Waals surface area contributed by atoms with Gasteiger partial charge in [0.25, 0.3) is 0 Å². The third kappa shape index (κ3) is 3.49. The Kier molecular flexibility index (Phi) is 4.51. The minimum Gasteiger partial charge on any atom is -0.506 e. The molecule has 1 aliphatic rings. The molecule has 2 N–H and O–H groups in total. The smallest absolute Gasteiger partial charge is 0.137 e. The van der Waals surface area contributed by atoms with Crippen LogP contribution in [-0.4, -0.2) is 42.7 Å². The van der Waals surface area contributed by atoms with E-state index in [4.69, 9.17) is 23.2 Å². The second kappa shape index (κ2) is 5.91. The van der Waals surface area contributed by atoms with E-state index in [1.807, 2.05) is 0 Å². The lowest BCUT2D eigenvalue weighted by Crippen LogP contribution is -2.44. The molecule has 1 fully saturated rings. The second-order valence-electron chi connectivity index (χ2n) is 4.24. The average Bonchev–Trinajstić information content (AvgIpc) is 2.33. The third-order valence-corrected chi connectivity index (χ3v) is 3.52. The Morgan fingerprint density at radius 3 is 2.65 bits per heavy atom. The van der Waals surface area contributed by atoms with E-state index in [1.54, 1.807) is 12.1 Å². The monoisotopic (exact) mass is 274 g/mol. The maximum absolute atomic E-state index is 9.83. The number of benzene rings is 1. The van der Waals surface area contributed by atoms with Crippen LogP contribution in [0.4, 0.5) is 0 Å². The summed E-state index contributed by atoms with van der Waals surface area (Å²) in [5, 5.41) is 14.0. The van der Waals surface area contributed by atoms with Crippen LogP contribution in [0.15, 0.2) is 12.1 Å². The molecule has 1 saturated heterocycles. The summed E-state index contributed by atoms with van der Waals surface area (Å²) in [6, 6.07) is 3.34. The van der Waals surface area contributed by atoms with E-state index in [1.165, 1.54) is 0 Å². The molecule has 1 aromatic rings. The molecule has 0 saturated carbocycles. The van der Waals surface area contributed by atoms with Crippen LogP contribution in [0.25, 0.3) is 0 Å². The summed E-state index contributed by atoms with van der Waals surface area (Å²) in [6.45, 7) is 5.08. The van der Waals surface area contributed by atoms with E-state index in [-0.39, 0.29) is 5.75 Å². The van der Waals surface area contributed by atoms with Crippen molar-refractivity contribution >= 4 is 23.2 Å². The fourth-order valence-corrected chi connectivity index (χ4v) is 2.56. The molecule has 0 atom stereocenters. The molecule has 0 aromatic heterocycles. The third-order valence-electron chi connectivity index (χ3n) is 3.01. The first-order valence-corrected chi connectivity index (χ1v) is 6.52. The van der Waals surface area contributed by atoms with E-state index in [0.717, 1.165) is 44.7 Å². The minimum atomic E-state index is 0.159. The number of piperazine rings is 1. The van der Waals surface area contributed by atoms with Crippen LogP contribution in [0.1, 0.15) is 5.56 Å². The molecular weight excluding hydrogens is 259 g/mol. The van der Waals surface area contributed by atoms with Gasteiger partial charge in [0.1, 0.15) is 5.75 Å². The van der Waals surface area contributed by atoms with Crippen molar-refractivity contribution in [1.29, 1.82) is 0 Å². The highest BCUT2D eigenvalue weighted by Crippen LogP contribution is 2.31. The molecule has 0 amide bonds. The summed E-state index contributed by atoms with van der Waals surface area (Å²) in [5.41, 5.74) is 0.820. The summed E-state index contributed by atoms with van der Waals surface area (Å²) in [6.07, 6.45) is 0.770. The highest BCUT2D eigenvalue weighted by molar-refractivity contribution is 6.35. The van der Waals surface area contributed by atoms with Crippen LogP contribution in [0.3, 0.4) is 0 Å². The first-order chi connectivity index (χ1) is 8.16. The molecule has 0 bridgehead atoms. The molecule has 1 heterocycles. The molecule has 3 nitrogen and oxygen atoms in total. The van der Waals surface area contributed by atoms with Gasteiger partial charge in [0, 0.05) is 37.7 Å². The molecule has 94 valence electrons. The lowest BCUT2D eigenvalue weighted by molar-refractivity contribution is 0.243. The topological polar surface area (TPSA) is 35.5 Å². The molecule has 2 rings (SSSR count). The van der Waals surface area contributed by atoms with Gasteiger partial charge in [-0.2, -0.15) is 0 Å². The van der Waals surface area contributed by atoms with Crippen molar-refractivity contribution in [2.24, 2.45) is 0 Å². The van der Waals surface area contributed by atoms with Crippen LogP contribution in [0, 0.1) is 0 Å². The van der Waals surface area contributed by atoms with Crippen LogP contribution in [0.5, 0.6) is 5.75 Å². The van der Waals surface area contributed by atoms with Crippen molar-refractivity contribution < 1.29 is 5.11 Å². The Morgan fingerprint density at radius 1 is 1.24 bits per heavy atom. The molecule has 17 heavy (non-hydrogen) atoms. The van der Waals surface area contributed by atoms with Crippen molar-refractivity contribution in [1.82, 2.24) is 10.2 Å². The number of aromatic hydroxyl groups is 1. The zero-order chi connectivity index (χ0) is 12.3. The standard InChI is InChI=1S/C12H16Cl2N2O/c13-10-7-9(12(17)11(14)8-10)1-4-16-5-2-15-3-6-16/h7-8,15,17H,1-6H2. The van der Waals surface area contributed by atoms with Gasteiger partial charge in [-0.15, -0.1) is 0 Å². The quantitative estimate of drug-likeness (QED) is 0.887. The van der Waals surface area contributed by atoms with Gasteiger partial charge in [0.15, 0.2) is 0 Å². The fourth-order valence-electron chi connectivity index (χ4n) is 2.02. The van der Waals surface area contributed by atoms with Gasteiger partial charge in [-0.25, -0.2) is 0 Å². The van der Waals surface area contributed by atoms with Crippen LogP contribution >= 0.6 is 23.2 Å². The number of halogens is 2. The molecule has 0 aliphatic carbocycles. The van der Waals surface area contributed by atoms with Crippen molar-refractivity contribution in [3.05, 3.63) is 27.7 Å². The summed E-state index contributed by atoms with van der Waals surface area (Å²) < 4.78 is 0. The zero-order valence-electron chi connectivity index (χ0n) is 9.55. The molecule has 1 aliphatic heterocycles. The summed E-state index contributed by atoms with van der Waals surface area (Å²) >= 11 is 11.8. The summed E-state index contributed by atoms with van der Waals surface area (Å²) in [7, 11) is 0. The first-order valence-electron chi connectivity index (χ1n) is 5.77. The van der Waals surface area contributed by atoms with Gasteiger partial charge in [0.2, 0.25) is 0 Å². The number of nitrogens with one attached hydrogen (secondary N) is 1. The number of hydrogen-bond acceptors (Lipinski definition) is 3. The number of rotatable bonds is 3. The van der Waals surface area contributed by atoms with Gasteiger partial charge >= 0.3 is 0 Å². The predicted octanol–water partition coefficient (Wildman–Crippen LogP) is 2.15. The van der Waals surface area contributed by atoms with Crippen LogP contribution in [0.2, 0.25) is 10.0 Å². The normalized spacial score (nSPS) is 17.3. The number of phenols is 1. The van der Waals surface area contributed by atoms with E-state index in [0.29, 0.717) is 10.0 Å². The van der Waals surface area contributed by atoms with E-state index < -0.39 is 0 Å². The van der Waals surface area contributed by atoms with Crippen molar-refractivity contribution in [3.8, 4) is 5.75 Å².